The Morgan fingerprint density at radius 2 is 1.79 bits per heavy atom. The van der Waals surface area contributed by atoms with Crippen LogP contribution in [0.1, 0.15) is 20.9 Å². The van der Waals surface area contributed by atoms with Gasteiger partial charge >= 0.3 is 6.18 Å². The molecule has 0 bridgehead atoms. The highest BCUT2D eigenvalue weighted by Gasteiger charge is 2.30. The molecule has 0 saturated carbocycles. The second-order valence-electron chi connectivity index (χ2n) is 6.60. The van der Waals surface area contributed by atoms with Gasteiger partial charge in [0.25, 0.3) is 5.91 Å². The van der Waals surface area contributed by atoms with Gasteiger partial charge in [0, 0.05) is 43.3 Å². The zero-order valence-electron chi connectivity index (χ0n) is 15.4. The van der Waals surface area contributed by atoms with Crippen molar-refractivity contribution in [3.8, 4) is 10.6 Å². The van der Waals surface area contributed by atoms with Crippen LogP contribution in [0.15, 0.2) is 35.8 Å². The zero-order chi connectivity index (χ0) is 20.6. The van der Waals surface area contributed by atoms with Crippen LogP contribution in [0, 0.1) is 6.92 Å². The van der Waals surface area contributed by atoms with Crippen LogP contribution < -0.4 is 4.90 Å². The maximum atomic E-state index is 13.0. The SMILES string of the molecule is Cc1nc(-c2ccc(C(F)(F)F)cc2)sc1C(=O)N1CCN(c2nccs2)CC1. The van der Waals surface area contributed by atoms with Gasteiger partial charge in [-0.3, -0.25) is 4.79 Å². The summed E-state index contributed by atoms with van der Waals surface area (Å²) in [6.45, 7) is 4.35. The number of carbonyl (C=O) groups excluding carboxylic acids is 1. The molecule has 4 rings (SSSR count). The number of benzene rings is 1. The second-order valence-corrected chi connectivity index (χ2v) is 8.47. The number of thiazole rings is 2. The van der Waals surface area contributed by atoms with E-state index in [0.717, 1.165) is 17.3 Å². The summed E-state index contributed by atoms with van der Waals surface area (Å²) in [6, 6.07) is 4.85. The van der Waals surface area contributed by atoms with Crippen molar-refractivity contribution in [1.82, 2.24) is 14.9 Å². The number of halogens is 3. The quantitative estimate of drug-likeness (QED) is 0.602. The largest absolute Gasteiger partial charge is 0.416 e. The van der Waals surface area contributed by atoms with E-state index >= 15 is 0 Å². The number of hydrogen-bond donors (Lipinski definition) is 0. The second kappa shape index (κ2) is 7.75. The van der Waals surface area contributed by atoms with E-state index in [1.165, 1.54) is 23.5 Å². The molecule has 5 nitrogen and oxygen atoms in total. The van der Waals surface area contributed by atoms with Crippen molar-refractivity contribution >= 4 is 33.7 Å². The van der Waals surface area contributed by atoms with Gasteiger partial charge in [-0.15, -0.1) is 22.7 Å². The molecule has 152 valence electrons. The average molecular weight is 439 g/mol. The van der Waals surface area contributed by atoms with Crippen molar-refractivity contribution in [2.45, 2.75) is 13.1 Å². The molecule has 3 heterocycles. The van der Waals surface area contributed by atoms with Gasteiger partial charge in [-0.25, -0.2) is 9.97 Å². The molecule has 1 aromatic carbocycles. The number of carbonyl (C=O) groups is 1. The Hall–Kier alpha value is -2.46. The van der Waals surface area contributed by atoms with Crippen LogP contribution in [0.3, 0.4) is 0 Å². The van der Waals surface area contributed by atoms with Gasteiger partial charge in [0.2, 0.25) is 0 Å². The molecule has 1 aliphatic rings. The number of hydrogen-bond acceptors (Lipinski definition) is 6. The maximum absolute atomic E-state index is 13.0. The van der Waals surface area contributed by atoms with Gasteiger partial charge in [-0.05, 0) is 19.1 Å². The van der Waals surface area contributed by atoms with Crippen LogP contribution in [0.4, 0.5) is 18.3 Å². The predicted octanol–water partition coefficient (Wildman–Crippen LogP) is 4.56. The standard InChI is InChI=1S/C19H17F3N4OS2/c1-12-15(17(27)25-7-9-26(10-8-25)18-23-6-11-28-18)29-16(24-12)13-2-4-14(5-3-13)19(20,21)22/h2-6,11H,7-10H2,1H3. The van der Waals surface area contributed by atoms with Gasteiger partial charge in [-0.2, -0.15) is 13.2 Å². The Balaban J connectivity index is 1.47. The minimum atomic E-state index is -4.38. The summed E-state index contributed by atoms with van der Waals surface area (Å²) in [7, 11) is 0. The first-order valence-electron chi connectivity index (χ1n) is 8.91. The summed E-state index contributed by atoms with van der Waals surface area (Å²) in [6.07, 6.45) is -2.61. The Kier molecular flexibility index (Phi) is 5.30. The normalized spacial score (nSPS) is 15.0. The first kappa shape index (κ1) is 19.8. The number of piperazine rings is 1. The number of anilines is 1. The molecule has 0 unspecified atom stereocenters. The topological polar surface area (TPSA) is 49.3 Å². The van der Waals surface area contributed by atoms with Gasteiger partial charge in [0.15, 0.2) is 5.13 Å². The van der Waals surface area contributed by atoms with Gasteiger partial charge in [0.05, 0.1) is 11.3 Å². The Labute approximate surface area is 173 Å². The summed E-state index contributed by atoms with van der Waals surface area (Å²) in [4.78, 5) is 26.2. The lowest BCUT2D eigenvalue weighted by Gasteiger charge is -2.34. The monoisotopic (exact) mass is 438 g/mol. The molecule has 0 N–H and O–H groups in total. The summed E-state index contributed by atoms with van der Waals surface area (Å²) in [5.74, 6) is -0.0862. The first-order valence-corrected chi connectivity index (χ1v) is 10.6. The molecule has 0 aliphatic carbocycles. The summed E-state index contributed by atoms with van der Waals surface area (Å²) in [5, 5.41) is 3.42. The molecule has 1 amide bonds. The van der Waals surface area contributed by atoms with E-state index in [4.69, 9.17) is 0 Å². The Morgan fingerprint density at radius 3 is 2.38 bits per heavy atom. The van der Waals surface area contributed by atoms with Crippen LogP contribution in [-0.4, -0.2) is 47.0 Å². The van der Waals surface area contributed by atoms with E-state index in [1.54, 1.807) is 29.4 Å². The Bertz CT molecular complexity index is 992. The van der Waals surface area contributed by atoms with Crippen LogP contribution in [0.5, 0.6) is 0 Å². The van der Waals surface area contributed by atoms with Crippen molar-refractivity contribution in [2.24, 2.45) is 0 Å². The molecule has 10 heteroatoms. The number of aryl methyl sites for hydroxylation is 1. The van der Waals surface area contributed by atoms with Crippen LogP contribution >= 0.6 is 22.7 Å². The van der Waals surface area contributed by atoms with Crippen molar-refractivity contribution < 1.29 is 18.0 Å². The molecular formula is C19H17F3N4OS2. The fourth-order valence-corrected chi connectivity index (χ4v) is 4.87. The van der Waals surface area contributed by atoms with Gasteiger partial charge in [-0.1, -0.05) is 12.1 Å². The van der Waals surface area contributed by atoms with E-state index in [0.29, 0.717) is 47.3 Å². The smallest absolute Gasteiger partial charge is 0.345 e. The average Bonchev–Trinajstić information content (AvgIpc) is 3.37. The fraction of sp³-hybridized carbons (Fsp3) is 0.316. The number of nitrogens with zero attached hydrogens (tertiary/aromatic N) is 4. The van der Waals surface area contributed by atoms with Crippen LogP contribution in [-0.2, 0) is 6.18 Å². The molecular weight excluding hydrogens is 421 g/mol. The molecule has 3 aromatic rings. The molecule has 0 radical (unpaired) electrons. The van der Waals surface area contributed by atoms with Crippen molar-refractivity contribution in [3.63, 3.8) is 0 Å². The maximum Gasteiger partial charge on any atom is 0.416 e. The molecule has 29 heavy (non-hydrogen) atoms. The lowest BCUT2D eigenvalue weighted by molar-refractivity contribution is -0.137. The third kappa shape index (κ3) is 4.13. The molecule has 1 aliphatic heterocycles. The third-order valence-electron chi connectivity index (χ3n) is 4.71. The molecule has 0 spiro atoms. The molecule has 1 saturated heterocycles. The predicted molar refractivity (Wildman–Crippen MR) is 108 cm³/mol. The van der Waals surface area contributed by atoms with Crippen molar-refractivity contribution in [3.05, 3.63) is 52.0 Å². The molecule has 1 fully saturated rings. The number of alkyl halides is 3. The van der Waals surface area contributed by atoms with Gasteiger partial charge in [0.1, 0.15) is 9.88 Å². The fourth-order valence-electron chi connectivity index (χ4n) is 3.14. The highest BCUT2D eigenvalue weighted by molar-refractivity contribution is 7.17. The minimum absolute atomic E-state index is 0.0862. The highest BCUT2D eigenvalue weighted by atomic mass is 32.1. The molecule has 0 atom stereocenters. The first-order chi connectivity index (χ1) is 13.8. The minimum Gasteiger partial charge on any atom is -0.345 e. The summed E-state index contributed by atoms with van der Waals surface area (Å²) in [5.41, 5.74) is 0.458. The number of aromatic nitrogens is 2. The number of amides is 1. The van der Waals surface area contributed by atoms with Crippen molar-refractivity contribution in [1.29, 1.82) is 0 Å². The lowest BCUT2D eigenvalue weighted by atomic mass is 10.1. The highest BCUT2D eigenvalue weighted by Crippen LogP contribution is 2.33. The molecule has 2 aromatic heterocycles. The summed E-state index contributed by atoms with van der Waals surface area (Å²) >= 11 is 2.79. The Morgan fingerprint density at radius 1 is 1.10 bits per heavy atom. The van der Waals surface area contributed by atoms with E-state index < -0.39 is 11.7 Å². The number of rotatable bonds is 3. The van der Waals surface area contributed by atoms with E-state index in [2.05, 4.69) is 14.9 Å². The third-order valence-corrected chi connectivity index (χ3v) is 6.73. The van der Waals surface area contributed by atoms with Crippen LogP contribution in [0.2, 0.25) is 0 Å². The van der Waals surface area contributed by atoms with Crippen LogP contribution in [0.25, 0.3) is 10.6 Å². The lowest BCUT2D eigenvalue weighted by Crippen LogP contribution is -2.48. The van der Waals surface area contributed by atoms with E-state index in [1.807, 2.05) is 5.38 Å². The van der Waals surface area contributed by atoms with E-state index in [9.17, 15) is 18.0 Å². The van der Waals surface area contributed by atoms with Gasteiger partial charge < -0.3 is 9.80 Å². The van der Waals surface area contributed by atoms with E-state index in [-0.39, 0.29) is 5.91 Å². The summed E-state index contributed by atoms with van der Waals surface area (Å²) < 4.78 is 38.2. The zero-order valence-corrected chi connectivity index (χ0v) is 17.1. The van der Waals surface area contributed by atoms with Crippen molar-refractivity contribution in [2.75, 3.05) is 31.1 Å².